The Morgan fingerprint density at radius 1 is 1.13 bits per heavy atom. The summed E-state index contributed by atoms with van der Waals surface area (Å²) in [6.45, 7) is 8.05. The predicted octanol–water partition coefficient (Wildman–Crippen LogP) is 5.41. The maximum absolute atomic E-state index is 13.4. The van der Waals surface area contributed by atoms with Crippen LogP contribution in [0.3, 0.4) is 0 Å². The highest BCUT2D eigenvalue weighted by atomic mass is 16.5. The van der Waals surface area contributed by atoms with Crippen molar-refractivity contribution in [1.29, 1.82) is 0 Å². The van der Waals surface area contributed by atoms with Crippen molar-refractivity contribution in [3.05, 3.63) is 75.9 Å². The molecule has 2 aromatic carbocycles. The van der Waals surface area contributed by atoms with Gasteiger partial charge >= 0.3 is 5.97 Å². The Kier molecular flexibility index (Phi) is 8.07. The molecule has 0 saturated heterocycles. The lowest BCUT2D eigenvalue weighted by Gasteiger charge is -2.41. The molecule has 8 nitrogen and oxygen atoms in total. The van der Waals surface area contributed by atoms with E-state index in [1.54, 1.807) is 0 Å². The number of carboxylic acid groups (broad SMARTS) is 1. The molecular formula is C31H37NO7. The van der Waals surface area contributed by atoms with Gasteiger partial charge in [0, 0.05) is 17.5 Å². The van der Waals surface area contributed by atoms with Crippen LogP contribution in [0.1, 0.15) is 86.5 Å². The molecule has 2 heterocycles. The normalized spacial score (nSPS) is 21.2. The molecular weight excluding hydrogens is 498 g/mol. The van der Waals surface area contributed by atoms with E-state index in [1.807, 2.05) is 6.92 Å². The Bertz CT molecular complexity index is 1320. The van der Waals surface area contributed by atoms with Gasteiger partial charge in [-0.1, -0.05) is 35.4 Å². The number of aromatic hydroxyl groups is 2. The van der Waals surface area contributed by atoms with E-state index >= 15 is 0 Å². The van der Waals surface area contributed by atoms with Gasteiger partial charge < -0.3 is 30.1 Å². The van der Waals surface area contributed by atoms with Gasteiger partial charge in [0.25, 0.3) is 5.91 Å². The lowest BCUT2D eigenvalue weighted by molar-refractivity contribution is -0.142. The maximum atomic E-state index is 13.4. The number of aliphatic hydroxyl groups is 1. The highest BCUT2D eigenvalue weighted by Gasteiger charge is 2.46. The molecule has 2 aliphatic heterocycles. The van der Waals surface area contributed by atoms with Crippen LogP contribution in [0.25, 0.3) is 0 Å². The summed E-state index contributed by atoms with van der Waals surface area (Å²) in [4.78, 5) is 26.9. The Hall–Kier alpha value is -3.78. The number of ether oxygens (including phenoxy) is 1. The van der Waals surface area contributed by atoms with E-state index in [2.05, 4.69) is 32.9 Å². The van der Waals surface area contributed by atoms with Crippen LogP contribution in [0.4, 0.5) is 0 Å². The van der Waals surface area contributed by atoms with Gasteiger partial charge in [0.15, 0.2) is 6.04 Å². The highest BCUT2D eigenvalue weighted by Crippen LogP contribution is 2.47. The van der Waals surface area contributed by atoms with Crippen LogP contribution in [0.2, 0.25) is 0 Å². The number of benzene rings is 2. The second-order valence-electron chi connectivity index (χ2n) is 11.0. The zero-order valence-electron chi connectivity index (χ0n) is 22.9. The summed E-state index contributed by atoms with van der Waals surface area (Å²) in [5, 5.41) is 41.4. The second-order valence-corrected chi connectivity index (χ2v) is 11.0. The number of fused-ring (bicyclic) bond motifs is 3. The van der Waals surface area contributed by atoms with Crippen LogP contribution in [0, 0.1) is 0 Å². The molecule has 1 amide bonds. The number of hydrogen-bond acceptors (Lipinski definition) is 6. The highest BCUT2D eigenvalue weighted by molar-refractivity contribution is 6.02. The summed E-state index contributed by atoms with van der Waals surface area (Å²) >= 11 is 0. The van der Waals surface area contributed by atoms with Crippen molar-refractivity contribution in [2.45, 2.75) is 84.1 Å². The summed E-state index contributed by atoms with van der Waals surface area (Å²) < 4.78 is 6.40. The standard InChI is InChI=1S/C31H37NO7/c1-18(2)7-5-8-19(3)9-6-14-31(4)26(35)16-23-25(34)15-22-24(28(23)39-31)17-32(29(22)36)27(30(37)38)20-10-12-21(33)13-11-20/h7,9-13,15,26-27,33-35H,5-6,8,14,16-17H2,1-4H3,(H,37,38)/t26-,27-,31-/m0/s1. The van der Waals surface area contributed by atoms with E-state index in [0.717, 1.165) is 12.8 Å². The predicted molar refractivity (Wildman–Crippen MR) is 147 cm³/mol. The fourth-order valence-electron chi connectivity index (χ4n) is 5.34. The molecule has 3 atom stereocenters. The minimum atomic E-state index is -1.29. The molecule has 2 aromatic rings. The zero-order valence-corrected chi connectivity index (χ0v) is 22.9. The van der Waals surface area contributed by atoms with Crippen molar-refractivity contribution in [3.63, 3.8) is 0 Å². The lowest BCUT2D eigenvalue weighted by Crippen LogP contribution is -2.49. The number of phenols is 2. The second kappa shape index (κ2) is 11.1. The molecule has 0 bridgehead atoms. The molecule has 4 N–H and O–H groups in total. The number of aliphatic hydroxyl groups excluding tert-OH is 1. The Morgan fingerprint density at radius 3 is 2.46 bits per heavy atom. The SMILES string of the molecule is CC(C)=CCCC(C)=CCC[C@]1(C)Oc2c(c(O)cc3c2CN([C@H](C(=O)O)c2ccc(O)cc2)C3=O)C[C@@H]1O. The molecule has 2 aliphatic rings. The van der Waals surface area contributed by atoms with Gasteiger partial charge in [-0.15, -0.1) is 0 Å². The Labute approximate surface area is 228 Å². The van der Waals surface area contributed by atoms with Crippen molar-refractivity contribution < 1.29 is 34.8 Å². The molecule has 0 unspecified atom stereocenters. The maximum Gasteiger partial charge on any atom is 0.331 e. The van der Waals surface area contributed by atoms with Crippen LogP contribution >= 0.6 is 0 Å². The third-order valence-corrected chi connectivity index (χ3v) is 7.70. The summed E-state index contributed by atoms with van der Waals surface area (Å²) in [5.74, 6) is -1.58. The van der Waals surface area contributed by atoms with Crippen molar-refractivity contribution in [3.8, 4) is 17.2 Å². The summed E-state index contributed by atoms with van der Waals surface area (Å²) in [5.41, 5.74) is 3.04. The molecule has 0 radical (unpaired) electrons. The minimum absolute atomic E-state index is 0.0120. The Morgan fingerprint density at radius 2 is 1.82 bits per heavy atom. The van der Waals surface area contributed by atoms with Gasteiger partial charge in [-0.2, -0.15) is 0 Å². The zero-order chi connectivity index (χ0) is 28.5. The van der Waals surface area contributed by atoms with Gasteiger partial charge in [0.1, 0.15) is 22.8 Å². The summed E-state index contributed by atoms with van der Waals surface area (Å²) in [6.07, 6.45) is 6.80. The van der Waals surface area contributed by atoms with Gasteiger partial charge in [0.2, 0.25) is 0 Å². The lowest BCUT2D eigenvalue weighted by atomic mass is 9.84. The number of carbonyl (C=O) groups is 2. The van der Waals surface area contributed by atoms with Crippen molar-refractivity contribution in [2.75, 3.05) is 0 Å². The number of amides is 1. The third kappa shape index (κ3) is 5.81. The smallest absolute Gasteiger partial charge is 0.331 e. The molecule has 0 saturated carbocycles. The first kappa shape index (κ1) is 28.2. The molecule has 0 aromatic heterocycles. The van der Waals surface area contributed by atoms with Crippen LogP contribution in [0.15, 0.2) is 53.6 Å². The van der Waals surface area contributed by atoms with E-state index in [-0.39, 0.29) is 30.0 Å². The first-order chi connectivity index (χ1) is 18.4. The summed E-state index contributed by atoms with van der Waals surface area (Å²) in [6, 6.07) is 5.74. The topological polar surface area (TPSA) is 128 Å². The van der Waals surface area contributed by atoms with Crippen LogP contribution in [-0.2, 0) is 17.8 Å². The van der Waals surface area contributed by atoms with Crippen molar-refractivity contribution >= 4 is 11.9 Å². The first-order valence-corrected chi connectivity index (χ1v) is 13.3. The van der Waals surface area contributed by atoms with Gasteiger partial charge in [0.05, 0.1) is 18.2 Å². The number of phenolic OH excluding ortho intramolecular Hbond substituents is 2. The number of nitrogens with zero attached hydrogens (tertiary/aromatic N) is 1. The van der Waals surface area contributed by atoms with E-state index in [4.69, 9.17) is 4.74 Å². The molecule has 0 spiro atoms. The molecule has 208 valence electrons. The van der Waals surface area contributed by atoms with Crippen LogP contribution < -0.4 is 4.74 Å². The van der Waals surface area contributed by atoms with E-state index in [0.29, 0.717) is 35.3 Å². The minimum Gasteiger partial charge on any atom is -0.508 e. The largest absolute Gasteiger partial charge is 0.508 e. The molecule has 0 fully saturated rings. The third-order valence-electron chi connectivity index (χ3n) is 7.70. The fourth-order valence-corrected chi connectivity index (χ4v) is 5.34. The quantitative estimate of drug-likeness (QED) is 0.316. The van der Waals surface area contributed by atoms with E-state index in [1.165, 1.54) is 46.4 Å². The van der Waals surface area contributed by atoms with Crippen LogP contribution in [-0.4, -0.2) is 48.9 Å². The average Bonchev–Trinajstić information content (AvgIpc) is 3.17. The Balaban J connectivity index is 1.59. The summed E-state index contributed by atoms with van der Waals surface area (Å²) in [7, 11) is 0. The van der Waals surface area contributed by atoms with Gasteiger partial charge in [-0.3, -0.25) is 4.79 Å². The molecule has 8 heteroatoms. The number of allylic oxidation sites excluding steroid dienone is 4. The fraction of sp³-hybridized carbons (Fsp3) is 0.419. The van der Waals surface area contributed by atoms with Crippen molar-refractivity contribution in [2.24, 2.45) is 0 Å². The molecule has 39 heavy (non-hydrogen) atoms. The van der Waals surface area contributed by atoms with Gasteiger partial charge in [-0.05, 0) is 77.1 Å². The number of aliphatic carboxylic acids is 1. The number of rotatable bonds is 9. The average molecular weight is 536 g/mol. The molecule has 4 rings (SSSR count). The van der Waals surface area contributed by atoms with E-state index < -0.39 is 29.6 Å². The van der Waals surface area contributed by atoms with E-state index in [9.17, 15) is 30.0 Å². The van der Waals surface area contributed by atoms with Crippen molar-refractivity contribution in [1.82, 2.24) is 4.90 Å². The number of carboxylic acids is 1. The monoisotopic (exact) mass is 535 g/mol. The number of carbonyl (C=O) groups excluding carboxylic acids is 1. The van der Waals surface area contributed by atoms with Gasteiger partial charge in [-0.25, -0.2) is 4.79 Å². The van der Waals surface area contributed by atoms with Crippen LogP contribution in [0.5, 0.6) is 17.2 Å². The number of hydrogen-bond donors (Lipinski definition) is 4. The first-order valence-electron chi connectivity index (χ1n) is 13.3. The molecule has 0 aliphatic carbocycles.